The minimum Gasteiger partial charge on any atom is -0.306 e. The maximum atomic E-state index is 11.1. The molecule has 2 N–H and O–H groups in total. The van der Waals surface area contributed by atoms with E-state index in [0.29, 0.717) is 12.3 Å². The first-order valence-electron chi connectivity index (χ1n) is 4.32. The lowest BCUT2D eigenvalue weighted by Crippen LogP contribution is -2.48. The lowest BCUT2D eigenvalue weighted by molar-refractivity contribution is -0.129. The van der Waals surface area contributed by atoms with Crippen LogP contribution in [0.3, 0.4) is 0 Å². The van der Waals surface area contributed by atoms with Gasteiger partial charge >= 0.3 is 0 Å². The maximum Gasteiger partial charge on any atom is 0.238 e. The molecule has 1 aliphatic heterocycles. The predicted molar refractivity (Wildman–Crippen MR) is 47.6 cm³/mol. The van der Waals surface area contributed by atoms with Gasteiger partial charge in [0.15, 0.2) is 0 Å². The fraction of sp³-hybridized carbons (Fsp3) is 0.750. The molecule has 1 fully saturated rings. The smallest absolute Gasteiger partial charge is 0.238 e. The molecule has 1 saturated heterocycles. The predicted octanol–water partition coefficient (Wildman–Crippen LogP) is -0.895. The molecule has 1 heterocycles. The Morgan fingerprint density at radius 3 is 2.46 bits per heavy atom. The van der Waals surface area contributed by atoms with E-state index in [2.05, 4.69) is 15.8 Å². The third-order valence-electron chi connectivity index (χ3n) is 1.99. The zero-order chi connectivity index (χ0) is 9.84. The second-order valence-corrected chi connectivity index (χ2v) is 3.52. The number of hydrazine groups is 1. The molecular formula is C8H15N3O2. The van der Waals surface area contributed by atoms with Crippen molar-refractivity contribution in [3.05, 3.63) is 0 Å². The van der Waals surface area contributed by atoms with E-state index in [1.54, 1.807) is 0 Å². The molecule has 0 saturated carbocycles. The van der Waals surface area contributed by atoms with Crippen molar-refractivity contribution in [3.8, 4) is 0 Å². The highest BCUT2D eigenvalue weighted by Gasteiger charge is 2.25. The summed E-state index contributed by atoms with van der Waals surface area (Å²) in [5.74, 6) is 0.0751. The van der Waals surface area contributed by atoms with E-state index >= 15 is 0 Å². The summed E-state index contributed by atoms with van der Waals surface area (Å²) in [5.41, 5.74) is 4.60. The molecule has 13 heavy (non-hydrogen) atoms. The van der Waals surface area contributed by atoms with Crippen molar-refractivity contribution >= 4 is 11.8 Å². The SMILES string of the molecule is CC(=O)NNC(=O)CC1CN(C)C1. The highest BCUT2D eigenvalue weighted by atomic mass is 16.2. The molecule has 0 aromatic rings. The van der Waals surface area contributed by atoms with E-state index in [4.69, 9.17) is 0 Å². The monoisotopic (exact) mass is 185 g/mol. The van der Waals surface area contributed by atoms with Gasteiger partial charge in [0, 0.05) is 26.4 Å². The first-order chi connectivity index (χ1) is 6.08. The molecule has 0 aromatic heterocycles. The minimum atomic E-state index is -0.251. The van der Waals surface area contributed by atoms with Crippen LogP contribution in [0.2, 0.25) is 0 Å². The number of likely N-dealkylation sites (tertiary alicyclic amines) is 1. The van der Waals surface area contributed by atoms with Gasteiger partial charge in [0.25, 0.3) is 0 Å². The molecule has 0 atom stereocenters. The molecule has 0 unspecified atom stereocenters. The van der Waals surface area contributed by atoms with E-state index in [1.165, 1.54) is 6.92 Å². The Balaban J connectivity index is 2.08. The second-order valence-electron chi connectivity index (χ2n) is 3.52. The molecule has 0 radical (unpaired) electrons. The van der Waals surface area contributed by atoms with Crippen LogP contribution in [0.1, 0.15) is 13.3 Å². The number of carbonyl (C=O) groups excluding carboxylic acids is 2. The van der Waals surface area contributed by atoms with Crippen molar-refractivity contribution in [2.75, 3.05) is 20.1 Å². The minimum absolute atomic E-state index is 0.117. The molecule has 1 aliphatic rings. The van der Waals surface area contributed by atoms with E-state index in [-0.39, 0.29) is 11.8 Å². The van der Waals surface area contributed by atoms with Crippen molar-refractivity contribution in [3.63, 3.8) is 0 Å². The molecule has 1 rings (SSSR count). The number of rotatable bonds is 2. The lowest BCUT2D eigenvalue weighted by atomic mass is 9.97. The van der Waals surface area contributed by atoms with Crippen molar-refractivity contribution in [1.29, 1.82) is 0 Å². The fourth-order valence-electron chi connectivity index (χ4n) is 1.43. The van der Waals surface area contributed by atoms with Gasteiger partial charge in [0.05, 0.1) is 0 Å². The number of nitrogens with zero attached hydrogens (tertiary/aromatic N) is 1. The third kappa shape index (κ3) is 3.42. The summed E-state index contributed by atoms with van der Waals surface area (Å²) in [6.07, 6.45) is 0.491. The van der Waals surface area contributed by atoms with E-state index in [9.17, 15) is 9.59 Å². The molecule has 0 aliphatic carbocycles. The summed E-state index contributed by atoms with van der Waals surface area (Å²) in [6, 6.07) is 0. The van der Waals surface area contributed by atoms with Gasteiger partial charge in [-0.25, -0.2) is 0 Å². The Morgan fingerprint density at radius 1 is 1.38 bits per heavy atom. The zero-order valence-corrected chi connectivity index (χ0v) is 7.96. The van der Waals surface area contributed by atoms with Crippen LogP contribution in [0, 0.1) is 5.92 Å². The summed E-state index contributed by atoms with van der Waals surface area (Å²) in [6.45, 7) is 3.29. The van der Waals surface area contributed by atoms with Gasteiger partial charge in [-0.15, -0.1) is 0 Å². The van der Waals surface area contributed by atoms with Crippen LogP contribution < -0.4 is 10.9 Å². The Bertz CT molecular complexity index is 211. The van der Waals surface area contributed by atoms with Gasteiger partial charge in [0.1, 0.15) is 0 Å². The summed E-state index contributed by atoms with van der Waals surface area (Å²) < 4.78 is 0. The highest BCUT2D eigenvalue weighted by Crippen LogP contribution is 2.15. The zero-order valence-electron chi connectivity index (χ0n) is 7.96. The molecule has 0 spiro atoms. The van der Waals surface area contributed by atoms with Crippen LogP contribution in [0.5, 0.6) is 0 Å². The van der Waals surface area contributed by atoms with Crippen LogP contribution in [0.25, 0.3) is 0 Å². The highest BCUT2D eigenvalue weighted by molar-refractivity contribution is 5.80. The van der Waals surface area contributed by atoms with Crippen LogP contribution in [0.4, 0.5) is 0 Å². The van der Waals surface area contributed by atoms with Gasteiger partial charge in [0.2, 0.25) is 11.8 Å². The number of amides is 2. The number of carbonyl (C=O) groups is 2. The van der Waals surface area contributed by atoms with Crippen molar-refractivity contribution in [1.82, 2.24) is 15.8 Å². The topological polar surface area (TPSA) is 61.4 Å². The largest absolute Gasteiger partial charge is 0.306 e. The van der Waals surface area contributed by atoms with Crippen molar-refractivity contribution < 1.29 is 9.59 Å². The Morgan fingerprint density at radius 2 is 2.00 bits per heavy atom. The fourth-order valence-corrected chi connectivity index (χ4v) is 1.43. The van der Waals surface area contributed by atoms with Gasteiger partial charge in [-0.2, -0.15) is 0 Å². The van der Waals surface area contributed by atoms with Gasteiger partial charge in [-0.1, -0.05) is 0 Å². The molecule has 5 nitrogen and oxygen atoms in total. The number of nitrogens with one attached hydrogen (secondary N) is 2. The van der Waals surface area contributed by atoms with Gasteiger partial charge in [-0.3, -0.25) is 20.4 Å². The summed E-state index contributed by atoms with van der Waals surface area (Å²) in [4.78, 5) is 23.7. The molecule has 74 valence electrons. The third-order valence-corrected chi connectivity index (χ3v) is 1.99. The standard InChI is InChI=1S/C8H15N3O2/c1-6(12)9-10-8(13)3-7-4-11(2)5-7/h7H,3-5H2,1-2H3,(H,9,12)(H,10,13). The van der Waals surface area contributed by atoms with Crippen molar-refractivity contribution in [2.45, 2.75) is 13.3 Å². The average Bonchev–Trinajstić information content (AvgIpc) is 1.98. The Kier molecular flexibility index (Phi) is 3.25. The van der Waals surface area contributed by atoms with Crippen LogP contribution in [-0.4, -0.2) is 36.9 Å². The number of hydrogen-bond donors (Lipinski definition) is 2. The lowest BCUT2D eigenvalue weighted by Gasteiger charge is -2.35. The van der Waals surface area contributed by atoms with E-state index in [0.717, 1.165) is 13.1 Å². The summed E-state index contributed by atoms with van der Waals surface area (Å²) >= 11 is 0. The molecular weight excluding hydrogens is 170 g/mol. The maximum absolute atomic E-state index is 11.1. The summed E-state index contributed by atoms with van der Waals surface area (Å²) in [7, 11) is 2.02. The Hall–Kier alpha value is -1.10. The van der Waals surface area contributed by atoms with Gasteiger partial charge in [-0.05, 0) is 13.0 Å². The Labute approximate surface area is 77.4 Å². The van der Waals surface area contributed by atoms with E-state index < -0.39 is 0 Å². The second kappa shape index (κ2) is 4.23. The molecule has 0 aromatic carbocycles. The molecule has 2 amide bonds. The van der Waals surface area contributed by atoms with Crippen LogP contribution >= 0.6 is 0 Å². The normalized spacial score (nSPS) is 17.7. The summed E-state index contributed by atoms with van der Waals surface area (Å²) in [5, 5.41) is 0. The first-order valence-corrected chi connectivity index (χ1v) is 4.32. The van der Waals surface area contributed by atoms with Crippen LogP contribution in [0.15, 0.2) is 0 Å². The quantitative estimate of drug-likeness (QED) is 0.548. The van der Waals surface area contributed by atoms with Crippen LogP contribution in [-0.2, 0) is 9.59 Å². The van der Waals surface area contributed by atoms with Gasteiger partial charge < -0.3 is 4.90 Å². The van der Waals surface area contributed by atoms with Crippen molar-refractivity contribution in [2.24, 2.45) is 5.92 Å². The first kappa shape index (κ1) is 9.98. The average molecular weight is 185 g/mol. The number of hydrogen-bond acceptors (Lipinski definition) is 3. The van der Waals surface area contributed by atoms with E-state index in [1.807, 2.05) is 7.05 Å². The molecule has 0 bridgehead atoms. The molecule has 5 heteroatoms.